The van der Waals surface area contributed by atoms with E-state index in [1.807, 2.05) is 48.5 Å². The number of halogens is 1. The molecule has 0 N–H and O–H groups in total. The molecule has 1 aliphatic heterocycles. The van der Waals surface area contributed by atoms with Crippen LogP contribution in [0.15, 0.2) is 48.0 Å². The summed E-state index contributed by atoms with van der Waals surface area (Å²) in [7, 11) is 0. The van der Waals surface area contributed by atoms with E-state index in [1.165, 1.54) is 11.3 Å². The highest BCUT2D eigenvalue weighted by molar-refractivity contribution is 6.30. The lowest BCUT2D eigenvalue weighted by Gasteiger charge is -2.38. The highest BCUT2D eigenvalue weighted by Crippen LogP contribution is 2.28. The minimum Gasteiger partial charge on any atom is -0.368 e. The average molecular weight is 363 g/mol. The van der Waals surface area contributed by atoms with Gasteiger partial charge in [0.25, 0.3) is 0 Å². The third-order valence-electron chi connectivity index (χ3n) is 4.61. The Bertz CT molecular complexity index is 896. The second kappa shape index (κ2) is 7.95. The van der Waals surface area contributed by atoms with Gasteiger partial charge in [0.2, 0.25) is 0 Å². The lowest BCUT2D eigenvalue weighted by Crippen LogP contribution is -2.47. The van der Waals surface area contributed by atoms with Gasteiger partial charge in [0.15, 0.2) is 0 Å². The van der Waals surface area contributed by atoms with E-state index in [-0.39, 0.29) is 5.57 Å². The number of hydrogen-bond acceptors (Lipinski definition) is 4. The van der Waals surface area contributed by atoms with Gasteiger partial charge in [-0.1, -0.05) is 35.9 Å². The van der Waals surface area contributed by atoms with Crippen LogP contribution >= 0.6 is 11.6 Å². The molecule has 1 heterocycles. The zero-order valence-corrected chi connectivity index (χ0v) is 15.4. The summed E-state index contributed by atoms with van der Waals surface area (Å²) in [6.45, 7) is 5.62. The van der Waals surface area contributed by atoms with Gasteiger partial charge >= 0.3 is 0 Å². The van der Waals surface area contributed by atoms with Crippen LogP contribution in [0.25, 0.3) is 6.08 Å². The van der Waals surface area contributed by atoms with E-state index in [0.29, 0.717) is 0 Å². The van der Waals surface area contributed by atoms with Crippen molar-refractivity contribution < 1.29 is 0 Å². The normalized spacial score (nSPS) is 13.7. The summed E-state index contributed by atoms with van der Waals surface area (Å²) >= 11 is 6.16. The van der Waals surface area contributed by atoms with E-state index < -0.39 is 0 Å². The van der Waals surface area contributed by atoms with Crippen LogP contribution in [0.4, 0.5) is 11.4 Å². The lowest BCUT2D eigenvalue weighted by molar-refractivity contribution is 0.652. The molecule has 0 spiro atoms. The molecule has 0 aliphatic carbocycles. The van der Waals surface area contributed by atoms with Crippen molar-refractivity contribution in [3.63, 3.8) is 0 Å². The second-order valence-electron chi connectivity index (χ2n) is 6.25. The Hall–Kier alpha value is -2.95. The number of nitrogens with zero attached hydrogens (tertiary/aromatic N) is 4. The molecule has 0 saturated carbocycles. The van der Waals surface area contributed by atoms with Gasteiger partial charge in [-0.15, -0.1) is 0 Å². The lowest BCUT2D eigenvalue weighted by atomic mass is 10.1. The van der Waals surface area contributed by atoms with Gasteiger partial charge in [0.1, 0.15) is 17.7 Å². The summed E-state index contributed by atoms with van der Waals surface area (Å²) in [5, 5.41) is 18.8. The van der Waals surface area contributed by atoms with E-state index in [2.05, 4.69) is 22.8 Å². The molecular weight excluding hydrogens is 344 g/mol. The Balaban J connectivity index is 1.79. The largest absolute Gasteiger partial charge is 0.368 e. The molecule has 0 amide bonds. The van der Waals surface area contributed by atoms with Crippen molar-refractivity contribution >= 4 is 29.1 Å². The maximum absolute atomic E-state index is 9.03. The summed E-state index contributed by atoms with van der Waals surface area (Å²) in [6, 6.07) is 17.7. The van der Waals surface area contributed by atoms with Crippen molar-refractivity contribution in [3.8, 4) is 12.1 Å². The van der Waals surface area contributed by atoms with Crippen molar-refractivity contribution in [3.05, 3.63) is 64.2 Å². The predicted octanol–water partition coefficient (Wildman–Crippen LogP) is 4.41. The third kappa shape index (κ3) is 3.82. The Morgan fingerprint density at radius 2 is 1.58 bits per heavy atom. The van der Waals surface area contributed by atoms with E-state index >= 15 is 0 Å². The summed E-state index contributed by atoms with van der Waals surface area (Å²) in [5.41, 5.74) is 4.47. The summed E-state index contributed by atoms with van der Waals surface area (Å²) < 4.78 is 0. The predicted molar refractivity (Wildman–Crippen MR) is 106 cm³/mol. The maximum Gasteiger partial charge on any atom is 0.130 e. The number of rotatable bonds is 3. The Morgan fingerprint density at radius 3 is 2.23 bits per heavy atom. The Labute approximate surface area is 159 Å². The number of hydrogen-bond donors (Lipinski definition) is 0. The summed E-state index contributed by atoms with van der Waals surface area (Å²) in [6.07, 6.45) is 1.66. The van der Waals surface area contributed by atoms with E-state index in [0.717, 1.165) is 42.5 Å². The van der Waals surface area contributed by atoms with Crippen molar-refractivity contribution in [2.24, 2.45) is 0 Å². The second-order valence-corrected chi connectivity index (χ2v) is 6.68. The summed E-state index contributed by atoms with van der Waals surface area (Å²) in [4.78, 5) is 4.65. The van der Waals surface area contributed by atoms with Crippen molar-refractivity contribution in [1.29, 1.82) is 10.5 Å². The molecule has 0 bridgehead atoms. The fourth-order valence-electron chi connectivity index (χ4n) is 3.25. The molecule has 130 valence electrons. The molecule has 3 rings (SSSR count). The highest BCUT2D eigenvalue weighted by atomic mass is 35.5. The molecule has 0 unspecified atom stereocenters. The van der Waals surface area contributed by atoms with Crippen LogP contribution in [0.3, 0.4) is 0 Å². The SMILES string of the molecule is Cc1ccc(Cl)cc1N1CCN(c2ccccc2C=C(C#N)C#N)CC1. The topological polar surface area (TPSA) is 54.1 Å². The van der Waals surface area contributed by atoms with Crippen molar-refractivity contribution in [1.82, 2.24) is 0 Å². The molecule has 2 aromatic rings. The van der Waals surface area contributed by atoms with Gasteiger partial charge in [-0.25, -0.2) is 0 Å². The van der Waals surface area contributed by atoms with Crippen LogP contribution in [0, 0.1) is 29.6 Å². The number of allylic oxidation sites excluding steroid dienone is 1. The first-order valence-corrected chi connectivity index (χ1v) is 8.87. The van der Waals surface area contributed by atoms with E-state index in [4.69, 9.17) is 22.1 Å². The van der Waals surface area contributed by atoms with Crippen molar-refractivity contribution in [2.45, 2.75) is 6.92 Å². The molecule has 4 nitrogen and oxygen atoms in total. The third-order valence-corrected chi connectivity index (χ3v) is 4.84. The first kappa shape index (κ1) is 17.9. The van der Waals surface area contributed by atoms with E-state index in [9.17, 15) is 0 Å². The fourth-order valence-corrected chi connectivity index (χ4v) is 3.42. The zero-order valence-electron chi connectivity index (χ0n) is 14.6. The standard InChI is InChI=1S/C21H19ClN4/c1-16-6-7-19(22)13-21(16)26-10-8-25(9-11-26)20-5-3-2-4-18(20)12-17(14-23)15-24/h2-7,12-13H,8-11H2,1H3. The number of nitriles is 2. The van der Waals surface area contributed by atoms with Crippen LogP contribution in [0.5, 0.6) is 0 Å². The number of piperazine rings is 1. The Morgan fingerprint density at radius 1 is 0.962 bits per heavy atom. The number of para-hydroxylation sites is 1. The van der Waals surface area contributed by atoms with Crippen molar-refractivity contribution in [2.75, 3.05) is 36.0 Å². The summed E-state index contributed by atoms with van der Waals surface area (Å²) in [5.74, 6) is 0. The van der Waals surface area contributed by atoms with Crippen LogP contribution < -0.4 is 9.80 Å². The van der Waals surface area contributed by atoms with Crippen LogP contribution in [-0.4, -0.2) is 26.2 Å². The number of anilines is 2. The quantitative estimate of drug-likeness (QED) is 0.759. The monoisotopic (exact) mass is 362 g/mol. The molecule has 0 aromatic heterocycles. The smallest absolute Gasteiger partial charge is 0.130 e. The van der Waals surface area contributed by atoms with Crippen LogP contribution in [-0.2, 0) is 0 Å². The first-order valence-electron chi connectivity index (χ1n) is 8.49. The average Bonchev–Trinajstić information content (AvgIpc) is 2.68. The molecule has 0 atom stereocenters. The minimum atomic E-state index is 0.116. The molecule has 1 aliphatic rings. The van der Waals surface area contributed by atoms with Crippen LogP contribution in [0.1, 0.15) is 11.1 Å². The molecule has 0 radical (unpaired) electrons. The van der Waals surface area contributed by atoms with E-state index in [1.54, 1.807) is 6.08 Å². The molecule has 2 aromatic carbocycles. The Kier molecular flexibility index (Phi) is 5.46. The first-order chi connectivity index (χ1) is 12.6. The maximum atomic E-state index is 9.03. The highest BCUT2D eigenvalue weighted by Gasteiger charge is 2.20. The van der Waals surface area contributed by atoms with Gasteiger partial charge in [0, 0.05) is 42.6 Å². The number of aryl methyl sites for hydroxylation is 1. The molecule has 26 heavy (non-hydrogen) atoms. The van der Waals surface area contributed by atoms with Gasteiger partial charge in [0.05, 0.1) is 0 Å². The molecular formula is C21H19ClN4. The number of benzene rings is 2. The molecule has 5 heteroatoms. The van der Waals surface area contributed by atoms with Gasteiger partial charge in [-0.3, -0.25) is 0 Å². The fraction of sp³-hybridized carbons (Fsp3) is 0.238. The molecule has 1 fully saturated rings. The zero-order chi connectivity index (χ0) is 18.5. The minimum absolute atomic E-state index is 0.116. The molecule has 1 saturated heterocycles. The van der Waals surface area contributed by atoms with Gasteiger partial charge in [-0.05, 0) is 42.3 Å². The van der Waals surface area contributed by atoms with Gasteiger partial charge in [-0.2, -0.15) is 10.5 Å². The van der Waals surface area contributed by atoms with Gasteiger partial charge < -0.3 is 9.80 Å². The van der Waals surface area contributed by atoms with Crippen LogP contribution in [0.2, 0.25) is 5.02 Å².